The van der Waals surface area contributed by atoms with Crippen molar-refractivity contribution >= 4 is 22.1 Å². The van der Waals surface area contributed by atoms with Gasteiger partial charge >= 0.3 is 0 Å². The summed E-state index contributed by atoms with van der Waals surface area (Å²) in [6, 6.07) is 9.49. The zero-order chi connectivity index (χ0) is 21.7. The third kappa shape index (κ3) is 2.85. The summed E-state index contributed by atoms with van der Waals surface area (Å²) >= 11 is 0. The molecule has 32 heavy (non-hydrogen) atoms. The van der Waals surface area contributed by atoms with Gasteiger partial charge in [-0.3, -0.25) is 19.7 Å². The number of nitrogens with zero attached hydrogens (tertiary/aromatic N) is 7. The van der Waals surface area contributed by atoms with Crippen LogP contribution in [0.15, 0.2) is 55.1 Å². The molecular formula is C22H17N9O. The van der Waals surface area contributed by atoms with Gasteiger partial charge in [0.05, 0.1) is 34.7 Å². The van der Waals surface area contributed by atoms with E-state index in [2.05, 4.69) is 30.2 Å². The van der Waals surface area contributed by atoms with Crippen molar-refractivity contribution < 1.29 is 5.11 Å². The quantitative estimate of drug-likeness (QED) is 0.397. The molecule has 0 amide bonds. The average Bonchev–Trinajstić information content (AvgIpc) is 3.54. The summed E-state index contributed by atoms with van der Waals surface area (Å²) in [5.41, 5.74) is 7.31. The molecule has 0 saturated heterocycles. The van der Waals surface area contributed by atoms with Gasteiger partial charge in [0.25, 0.3) is 0 Å². The molecule has 6 heterocycles. The highest BCUT2D eigenvalue weighted by atomic mass is 16.3. The second kappa shape index (κ2) is 7.06. The average molecular weight is 423 g/mol. The number of aliphatic hydroxyl groups is 1. The number of nitrogens with one attached hydrogen (secondary N) is 2. The number of aromatic nitrogens is 9. The number of rotatable bonds is 4. The van der Waals surface area contributed by atoms with Crippen LogP contribution in [0.4, 0.5) is 0 Å². The number of aryl methyl sites for hydroxylation is 1. The van der Waals surface area contributed by atoms with Crippen LogP contribution in [0.25, 0.3) is 56.1 Å². The standard InChI is InChI=1S/C22H17N9O/c1-31-10-13(17(11-32)30-31)14-4-5-16-20(25-14)21(29-28-16)22-26-15-6-8-24-18(19(15)27-22)12-3-2-7-23-9-12/h2-10,32H,11H2,1H3,(H,26,27)(H,28,29). The van der Waals surface area contributed by atoms with Crippen molar-refractivity contribution in [3.05, 3.63) is 60.8 Å². The maximum atomic E-state index is 9.65. The predicted molar refractivity (Wildman–Crippen MR) is 118 cm³/mol. The molecule has 6 rings (SSSR count). The van der Waals surface area contributed by atoms with Crippen LogP contribution in [0.5, 0.6) is 0 Å². The SMILES string of the molecule is Cn1cc(-c2ccc3[nH]nc(-c4nc5c(-c6cccnc6)nccc5[nH]4)c3n2)c(CO)n1. The van der Waals surface area contributed by atoms with Crippen LogP contribution >= 0.6 is 0 Å². The summed E-state index contributed by atoms with van der Waals surface area (Å²) in [7, 11) is 1.81. The molecule has 6 aromatic heterocycles. The molecule has 0 unspecified atom stereocenters. The Morgan fingerprint density at radius 2 is 1.91 bits per heavy atom. The van der Waals surface area contributed by atoms with Gasteiger partial charge in [-0.2, -0.15) is 10.2 Å². The number of pyridine rings is 3. The monoisotopic (exact) mass is 423 g/mol. The molecule has 0 radical (unpaired) electrons. The van der Waals surface area contributed by atoms with E-state index >= 15 is 0 Å². The smallest absolute Gasteiger partial charge is 0.161 e. The number of hydrogen-bond donors (Lipinski definition) is 3. The van der Waals surface area contributed by atoms with Gasteiger partial charge in [0.15, 0.2) is 11.5 Å². The Hall–Kier alpha value is -4.44. The van der Waals surface area contributed by atoms with E-state index < -0.39 is 0 Å². The summed E-state index contributed by atoms with van der Waals surface area (Å²) in [4.78, 5) is 21.6. The zero-order valence-corrected chi connectivity index (χ0v) is 17.0. The number of hydrogen-bond acceptors (Lipinski definition) is 7. The first-order valence-electron chi connectivity index (χ1n) is 9.95. The van der Waals surface area contributed by atoms with Crippen LogP contribution in [-0.4, -0.2) is 50.0 Å². The van der Waals surface area contributed by atoms with Crippen LogP contribution in [0.1, 0.15) is 5.69 Å². The largest absolute Gasteiger partial charge is 0.390 e. The van der Waals surface area contributed by atoms with Crippen LogP contribution in [-0.2, 0) is 13.7 Å². The normalized spacial score (nSPS) is 11.6. The first-order valence-corrected chi connectivity index (χ1v) is 9.95. The van der Waals surface area contributed by atoms with E-state index in [4.69, 9.17) is 9.97 Å². The van der Waals surface area contributed by atoms with Gasteiger partial charge in [0, 0.05) is 43.0 Å². The van der Waals surface area contributed by atoms with Crippen molar-refractivity contribution in [1.82, 2.24) is 44.9 Å². The second-order valence-corrected chi connectivity index (χ2v) is 7.37. The minimum atomic E-state index is -0.165. The first-order chi connectivity index (χ1) is 15.7. The predicted octanol–water partition coefficient (Wildman–Crippen LogP) is 2.85. The fraction of sp³-hybridized carbons (Fsp3) is 0.0909. The van der Waals surface area contributed by atoms with Gasteiger partial charge < -0.3 is 10.1 Å². The molecule has 3 N–H and O–H groups in total. The van der Waals surface area contributed by atoms with E-state index in [-0.39, 0.29) is 6.61 Å². The topological polar surface area (TPSA) is 134 Å². The Labute approximate surface area is 181 Å². The highest BCUT2D eigenvalue weighted by molar-refractivity contribution is 5.95. The van der Waals surface area contributed by atoms with Crippen molar-refractivity contribution in [3.8, 4) is 34.0 Å². The maximum absolute atomic E-state index is 9.65. The van der Waals surface area contributed by atoms with Crippen molar-refractivity contribution in [1.29, 1.82) is 0 Å². The third-order valence-corrected chi connectivity index (χ3v) is 5.30. The lowest BCUT2D eigenvalue weighted by molar-refractivity contribution is 0.276. The van der Waals surface area contributed by atoms with E-state index in [1.807, 2.05) is 43.6 Å². The zero-order valence-electron chi connectivity index (χ0n) is 17.0. The van der Waals surface area contributed by atoms with Gasteiger partial charge in [0.2, 0.25) is 0 Å². The molecule has 0 aliphatic carbocycles. The van der Waals surface area contributed by atoms with E-state index in [1.165, 1.54) is 0 Å². The summed E-state index contributed by atoms with van der Waals surface area (Å²) in [6.07, 6.45) is 7.07. The number of aromatic amines is 2. The summed E-state index contributed by atoms with van der Waals surface area (Å²) in [5.74, 6) is 0.586. The molecule has 6 aromatic rings. The maximum Gasteiger partial charge on any atom is 0.161 e. The lowest BCUT2D eigenvalue weighted by atomic mass is 10.1. The Balaban J connectivity index is 1.51. The van der Waals surface area contributed by atoms with Crippen molar-refractivity contribution in [2.45, 2.75) is 6.61 Å². The molecule has 0 saturated carbocycles. The number of imidazole rings is 1. The molecule has 0 spiro atoms. The van der Waals surface area contributed by atoms with Gasteiger partial charge in [-0.05, 0) is 30.3 Å². The first kappa shape index (κ1) is 18.3. The van der Waals surface area contributed by atoms with Crippen molar-refractivity contribution in [2.24, 2.45) is 7.05 Å². The molecule has 0 fully saturated rings. The van der Waals surface area contributed by atoms with E-state index in [0.29, 0.717) is 28.4 Å². The molecule has 10 heteroatoms. The number of aliphatic hydroxyl groups excluding tert-OH is 1. The molecule has 0 aliphatic heterocycles. The minimum absolute atomic E-state index is 0.165. The van der Waals surface area contributed by atoms with Crippen LogP contribution in [0.3, 0.4) is 0 Å². The molecular weight excluding hydrogens is 406 g/mol. The van der Waals surface area contributed by atoms with Crippen LogP contribution in [0, 0.1) is 0 Å². The molecule has 156 valence electrons. The Morgan fingerprint density at radius 1 is 1.00 bits per heavy atom. The van der Waals surface area contributed by atoms with E-state index in [0.717, 1.165) is 33.4 Å². The molecule has 10 nitrogen and oxygen atoms in total. The van der Waals surface area contributed by atoms with Crippen molar-refractivity contribution in [2.75, 3.05) is 0 Å². The summed E-state index contributed by atoms with van der Waals surface area (Å²) in [6.45, 7) is -0.165. The highest BCUT2D eigenvalue weighted by Crippen LogP contribution is 2.31. The molecule has 0 aliphatic rings. The Morgan fingerprint density at radius 3 is 2.75 bits per heavy atom. The van der Waals surface area contributed by atoms with Crippen LogP contribution < -0.4 is 0 Å². The molecule has 0 aromatic carbocycles. The minimum Gasteiger partial charge on any atom is -0.390 e. The van der Waals surface area contributed by atoms with Gasteiger partial charge in [0.1, 0.15) is 11.0 Å². The van der Waals surface area contributed by atoms with Gasteiger partial charge in [-0.25, -0.2) is 9.97 Å². The fourth-order valence-electron chi connectivity index (χ4n) is 3.84. The van der Waals surface area contributed by atoms with E-state index in [9.17, 15) is 5.11 Å². The highest BCUT2D eigenvalue weighted by Gasteiger charge is 2.18. The van der Waals surface area contributed by atoms with Crippen molar-refractivity contribution in [3.63, 3.8) is 0 Å². The van der Waals surface area contributed by atoms with Crippen LogP contribution in [0.2, 0.25) is 0 Å². The fourth-order valence-corrected chi connectivity index (χ4v) is 3.84. The second-order valence-electron chi connectivity index (χ2n) is 7.37. The Bertz CT molecular complexity index is 1580. The molecule has 0 atom stereocenters. The lowest BCUT2D eigenvalue weighted by Crippen LogP contribution is -1.92. The van der Waals surface area contributed by atoms with Gasteiger partial charge in [-0.15, -0.1) is 0 Å². The third-order valence-electron chi connectivity index (χ3n) is 5.30. The van der Waals surface area contributed by atoms with E-state index in [1.54, 1.807) is 23.3 Å². The molecule has 0 bridgehead atoms. The number of H-pyrrole nitrogens is 2. The summed E-state index contributed by atoms with van der Waals surface area (Å²) < 4.78 is 1.66. The lowest BCUT2D eigenvalue weighted by Gasteiger charge is -2.00. The summed E-state index contributed by atoms with van der Waals surface area (Å²) in [5, 5.41) is 21.4. The Kier molecular flexibility index (Phi) is 4.05. The number of fused-ring (bicyclic) bond motifs is 2. The van der Waals surface area contributed by atoms with Gasteiger partial charge in [-0.1, -0.05) is 0 Å².